The molecule has 3 aromatic rings. The minimum absolute atomic E-state index is 0.0134. The summed E-state index contributed by atoms with van der Waals surface area (Å²) in [5.41, 5.74) is 0.917. The zero-order chi connectivity index (χ0) is 19.3. The van der Waals surface area contributed by atoms with Crippen molar-refractivity contribution in [3.63, 3.8) is 0 Å². The third kappa shape index (κ3) is 4.65. The number of carboxylic acid groups (broad SMARTS) is 1. The molecule has 0 aliphatic carbocycles. The van der Waals surface area contributed by atoms with Crippen LogP contribution >= 0.6 is 0 Å². The molecule has 0 atom stereocenters. The van der Waals surface area contributed by atoms with Gasteiger partial charge >= 0.3 is 16.1 Å². The van der Waals surface area contributed by atoms with Crippen LogP contribution in [0.2, 0.25) is 0 Å². The zero-order valence-corrected chi connectivity index (χ0v) is 14.9. The van der Waals surface area contributed by atoms with E-state index in [2.05, 4.69) is 0 Å². The molecule has 0 saturated carbocycles. The normalized spacial score (nSPS) is 11.0. The van der Waals surface area contributed by atoms with E-state index < -0.39 is 16.1 Å². The Bertz CT molecular complexity index is 1030. The highest BCUT2D eigenvalue weighted by Crippen LogP contribution is 2.30. The van der Waals surface area contributed by atoms with E-state index in [0.717, 1.165) is 5.56 Å². The second-order valence-electron chi connectivity index (χ2n) is 5.59. The summed E-state index contributed by atoms with van der Waals surface area (Å²) in [7, 11) is -4.13. The lowest BCUT2D eigenvalue weighted by Gasteiger charge is -2.12. The summed E-state index contributed by atoms with van der Waals surface area (Å²) in [5, 5.41) is 8.91. The Morgan fingerprint density at radius 3 is 2.04 bits per heavy atom. The molecule has 6 nitrogen and oxygen atoms in total. The number of carboxylic acids is 1. The average Bonchev–Trinajstić information content (AvgIpc) is 2.68. The Balaban J connectivity index is 1.79. The fourth-order valence-corrected chi connectivity index (χ4v) is 3.24. The summed E-state index contributed by atoms with van der Waals surface area (Å²) >= 11 is 0. The molecule has 0 fully saturated rings. The molecule has 0 aliphatic rings. The summed E-state index contributed by atoms with van der Waals surface area (Å²) in [4.78, 5) is 10.7. The van der Waals surface area contributed by atoms with Crippen molar-refractivity contribution in [2.24, 2.45) is 0 Å². The van der Waals surface area contributed by atoms with E-state index in [0.29, 0.717) is 0 Å². The van der Waals surface area contributed by atoms with Crippen LogP contribution in [-0.2, 0) is 16.7 Å². The van der Waals surface area contributed by atoms with Gasteiger partial charge in [0.15, 0.2) is 11.5 Å². The molecule has 1 N–H and O–H groups in total. The van der Waals surface area contributed by atoms with Crippen molar-refractivity contribution in [1.29, 1.82) is 0 Å². The van der Waals surface area contributed by atoms with E-state index in [4.69, 9.17) is 14.0 Å². The predicted octanol–water partition coefficient (Wildman–Crippen LogP) is 3.73. The third-order valence-electron chi connectivity index (χ3n) is 3.68. The van der Waals surface area contributed by atoms with Gasteiger partial charge in [-0.25, -0.2) is 4.79 Å². The van der Waals surface area contributed by atoms with Gasteiger partial charge in [-0.15, -0.1) is 0 Å². The number of hydrogen-bond acceptors (Lipinski definition) is 5. The SMILES string of the molecule is O=C(O)c1ccc(S(=O)(=O)Oc2ccccc2OCc2ccccc2)cc1. The number of rotatable bonds is 7. The molecule has 0 aliphatic heterocycles. The molecule has 0 spiro atoms. The minimum atomic E-state index is -4.13. The van der Waals surface area contributed by atoms with Crippen LogP contribution in [-0.4, -0.2) is 19.5 Å². The molecule has 0 aromatic heterocycles. The Morgan fingerprint density at radius 1 is 0.815 bits per heavy atom. The maximum Gasteiger partial charge on any atom is 0.339 e. The van der Waals surface area contributed by atoms with E-state index in [1.807, 2.05) is 30.3 Å². The second-order valence-corrected chi connectivity index (χ2v) is 7.13. The van der Waals surface area contributed by atoms with Gasteiger partial charge in [0.1, 0.15) is 11.5 Å². The molecule has 27 heavy (non-hydrogen) atoms. The van der Waals surface area contributed by atoms with Gasteiger partial charge in [-0.2, -0.15) is 8.42 Å². The van der Waals surface area contributed by atoms with E-state index >= 15 is 0 Å². The lowest BCUT2D eigenvalue weighted by Crippen LogP contribution is -2.11. The molecular formula is C20H16O6S. The topological polar surface area (TPSA) is 89.9 Å². The summed E-state index contributed by atoms with van der Waals surface area (Å²) in [6, 6.07) is 20.7. The van der Waals surface area contributed by atoms with Crippen LogP contribution < -0.4 is 8.92 Å². The first-order valence-electron chi connectivity index (χ1n) is 7.99. The van der Waals surface area contributed by atoms with E-state index in [9.17, 15) is 13.2 Å². The highest BCUT2D eigenvalue weighted by Gasteiger charge is 2.19. The fourth-order valence-electron chi connectivity index (χ4n) is 2.30. The highest BCUT2D eigenvalue weighted by atomic mass is 32.2. The quantitative estimate of drug-likeness (QED) is 0.624. The van der Waals surface area contributed by atoms with Gasteiger partial charge in [0.2, 0.25) is 0 Å². The maximum atomic E-state index is 12.5. The Kier molecular flexibility index (Phi) is 5.42. The van der Waals surface area contributed by atoms with E-state index in [-0.39, 0.29) is 28.6 Å². The Labute approximate surface area is 156 Å². The summed E-state index contributed by atoms with van der Waals surface area (Å²) in [6.45, 7) is 0.259. The van der Waals surface area contributed by atoms with Gasteiger partial charge in [0.25, 0.3) is 0 Å². The number of aromatic carboxylic acids is 1. The van der Waals surface area contributed by atoms with Gasteiger partial charge in [-0.1, -0.05) is 42.5 Å². The molecule has 3 aromatic carbocycles. The Hall–Kier alpha value is -3.32. The van der Waals surface area contributed by atoms with Crippen LogP contribution in [0.5, 0.6) is 11.5 Å². The molecule has 7 heteroatoms. The van der Waals surface area contributed by atoms with Crippen LogP contribution in [0.4, 0.5) is 0 Å². The fraction of sp³-hybridized carbons (Fsp3) is 0.0500. The molecule has 0 amide bonds. The van der Waals surface area contributed by atoms with Crippen LogP contribution in [0.25, 0.3) is 0 Å². The van der Waals surface area contributed by atoms with Crippen LogP contribution in [0.1, 0.15) is 15.9 Å². The Morgan fingerprint density at radius 2 is 1.41 bits per heavy atom. The molecule has 0 bridgehead atoms. The number of para-hydroxylation sites is 2. The number of carbonyl (C=O) groups is 1. The molecule has 0 saturated heterocycles. The van der Waals surface area contributed by atoms with Gasteiger partial charge in [-0.05, 0) is 42.0 Å². The number of hydrogen-bond donors (Lipinski definition) is 1. The van der Waals surface area contributed by atoms with E-state index in [1.54, 1.807) is 18.2 Å². The average molecular weight is 384 g/mol. The largest absolute Gasteiger partial charge is 0.485 e. The molecule has 0 radical (unpaired) electrons. The first kappa shape index (κ1) is 18.5. The number of ether oxygens (including phenoxy) is 1. The zero-order valence-electron chi connectivity index (χ0n) is 14.1. The molecule has 3 rings (SSSR count). The standard InChI is InChI=1S/C20H16O6S/c21-20(22)16-10-12-17(13-11-16)27(23,24)26-19-9-5-4-8-18(19)25-14-15-6-2-1-3-7-15/h1-13H,14H2,(H,21,22). The molecule has 0 unspecified atom stereocenters. The van der Waals surface area contributed by atoms with Crippen molar-refractivity contribution < 1.29 is 27.2 Å². The highest BCUT2D eigenvalue weighted by molar-refractivity contribution is 7.87. The first-order chi connectivity index (χ1) is 13.0. The van der Waals surface area contributed by atoms with Gasteiger partial charge in [0.05, 0.1) is 5.56 Å². The monoisotopic (exact) mass is 384 g/mol. The van der Waals surface area contributed by atoms with Crippen LogP contribution in [0.15, 0.2) is 83.8 Å². The van der Waals surface area contributed by atoms with Crippen molar-refractivity contribution in [3.05, 3.63) is 90.0 Å². The summed E-state index contributed by atoms with van der Waals surface area (Å²) < 4.78 is 35.9. The van der Waals surface area contributed by atoms with Gasteiger partial charge in [-0.3, -0.25) is 0 Å². The third-order valence-corrected chi connectivity index (χ3v) is 4.92. The number of benzene rings is 3. The van der Waals surface area contributed by atoms with Crippen molar-refractivity contribution in [2.75, 3.05) is 0 Å². The predicted molar refractivity (Wildman–Crippen MR) is 98.4 cm³/mol. The molecule has 0 heterocycles. The van der Waals surface area contributed by atoms with Crippen molar-refractivity contribution in [1.82, 2.24) is 0 Å². The summed E-state index contributed by atoms with van der Waals surface area (Å²) in [5.74, 6) is -0.803. The second kappa shape index (κ2) is 7.92. The van der Waals surface area contributed by atoms with Crippen LogP contribution in [0.3, 0.4) is 0 Å². The van der Waals surface area contributed by atoms with Gasteiger partial charge in [0, 0.05) is 0 Å². The summed E-state index contributed by atoms with van der Waals surface area (Å²) in [6.07, 6.45) is 0. The molecule has 138 valence electrons. The lowest BCUT2D eigenvalue weighted by atomic mass is 10.2. The van der Waals surface area contributed by atoms with Crippen molar-refractivity contribution >= 4 is 16.1 Å². The van der Waals surface area contributed by atoms with Gasteiger partial charge < -0.3 is 14.0 Å². The molecular weight excluding hydrogens is 368 g/mol. The minimum Gasteiger partial charge on any atom is -0.485 e. The van der Waals surface area contributed by atoms with E-state index in [1.165, 1.54) is 30.3 Å². The van der Waals surface area contributed by atoms with Crippen LogP contribution in [0, 0.1) is 0 Å². The lowest BCUT2D eigenvalue weighted by molar-refractivity contribution is 0.0696. The van der Waals surface area contributed by atoms with Crippen molar-refractivity contribution in [3.8, 4) is 11.5 Å². The first-order valence-corrected chi connectivity index (χ1v) is 9.40. The smallest absolute Gasteiger partial charge is 0.339 e. The maximum absolute atomic E-state index is 12.5. The van der Waals surface area contributed by atoms with Crippen molar-refractivity contribution in [2.45, 2.75) is 11.5 Å².